The van der Waals surface area contributed by atoms with E-state index in [2.05, 4.69) is 5.32 Å². The maximum absolute atomic E-state index is 12.1. The van der Waals surface area contributed by atoms with Crippen molar-refractivity contribution in [3.8, 4) is 0 Å². The van der Waals surface area contributed by atoms with Crippen molar-refractivity contribution in [1.29, 1.82) is 0 Å². The summed E-state index contributed by atoms with van der Waals surface area (Å²) in [5, 5.41) is 3.01. The quantitative estimate of drug-likeness (QED) is 0.627. The highest BCUT2D eigenvalue weighted by Gasteiger charge is 2.16. The minimum absolute atomic E-state index is 0.129. The SMILES string of the molecule is O=C(CC1CCCCCC1)Nc1ccccc1CCl. The first-order valence-electron chi connectivity index (χ1n) is 7.23. The number of hydrogen-bond donors (Lipinski definition) is 1. The van der Waals surface area contributed by atoms with Crippen molar-refractivity contribution >= 4 is 23.2 Å². The molecule has 3 heteroatoms. The van der Waals surface area contributed by atoms with Gasteiger partial charge in [0.25, 0.3) is 0 Å². The Morgan fingerprint density at radius 2 is 1.84 bits per heavy atom. The molecule has 2 rings (SSSR count). The number of alkyl halides is 1. The van der Waals surface area contributed by atoms with Crippen LogP contribution in [0.25, 0.3) is 0 Å². The second kappa shape index (κ2) is 7.54. The van der Waals surface area contributed by atoms with Crippen LogP contribution in [0.4, 0.5) is 5.69 Å². The fourth-order valence-corrected chi connectivity index (χ4v) is 3.02. The summed E-state index contributed by atoms with van der Waals surface area (Å²) in [5.41, 5.74) is 1.84. The summed E-state index contributed by atoms with van der Waals surface area (Å²) in [5.74, 6) is 1.12. The fourth-order valence-electron chi connectivity index (χ4n) is 2.79. The van der Waals surface area contributed by atoms with Crippen molar-refractivity contribution in [2.75, 3.05) is 5.32 Å². The number of hydrogen-bond acceptors (Lipinski definition) is 1. The summed E-state index contributed by atoms with van der Waals surface area (Å²) in [7, 11) is 0. The molecule has 1 amide bonds. The molecule has 0 radical (unpaired) electrons. The van der Waals surface area contributed by atoms with Crippen LogP contribution in [0.2, 0.25) is 0 Å². The Morgan fingerprint density at radius 1 is 1.16 bits per heavy atom. The summed E-state index contributed by atoms with van der Waals surface area (Å²) in [6, 6.07) is 7.74. The second-order valence-electron chi connectivity index (χ2n) is 5.40. The van der Waals surface area contributed by atoms with E-state index in [0.29, 0.717) is 18.2 Å². The molecule has 2 nitrogen and oxygen atoms in total. The molecule has 104 valence electrons. The molecular formula is C16H22ClNO. The van der Waals surface area contributed by atoms with Crippen LogP contribution in [0, 0.1) is 5.92 Å². The third-order valence-corrected chi connectivity index (χ3v) is 4.17. The number of para-hydroxylation sites is 1. The molecule has 0 aliphatic heterocycles. The summed E-state index contributed by atoms with van der Waals surface area (Å²) in [6.07, 6.45) is 8.25. The lowest BCUT2D eigenvalue weighted by Gasteiger charge is -2.14. The van der Waals surface area contributed by atoms with E-state index >= 15 is 0 Å². The second-order valence-corrected chi connectivity index (χ2v) is 5.67. The molecular weight excluding hydrogens is 258 g/mol. The van der Waals surface area contributed by atoms with Crippen LogP contribution in [-0.2, 0) is 10.7 Å². The van der Waals surface area contributed by atoms with Crippen molar-refractivity contribution in [2.24, 2.45) is 5.92 Å². The van der Waals surface area contributed by atoms with Gasteiger partial charge in [0.05, 0.1) is 0 Å². The van der Waals surface area contributed by atoms with Gasteiger partial charge in [0.2, 0.25) is 5.91 Å². The number of amides is 1. The largest absolute Gasteiger partial charge is 0.326 e. The topological polar surface area (TPSA) is 29.1 Å². The zero-order chi connectivity index (χ0) is 13.5. The minimum Gasteiger partial charge on any atom is -0.326 e. The maximum Gasteiger partial charge on any atom is 0.224 e. The Balaban J connectivity index is 1.89. The highest BCUT2D eigenvalue weighted by molar-refractivity contribution is 6.17. The molecule has 0 heterocycles. The van der Waals surface area contributed by atoms with Gasteiger partial charge < -0.3 is 5.32 Å². The predicted octanol–water partition coefficient (Wildman–Crippen LogP) is 4.72. The van der Waals surface area contributed by atoms with E-state index < -0.39 is 0 Å². The van der Waals surface area contributed by atoms with Crippen molar-refractivity contribution in [3.05, 3.63) is 29.8 Å². The van der Waals surface area contributed by atoms with Crippen molar-refractivity contribution in [3.63, 3.8) is 0 Å². The van der Waals surface area contributed by atoms with E-state index in [1.807, 2.05) is 24.3 Å². The number of benzene rings is 1. The van der Waals surface area contributed by atoms with E-state index in [-0.39, 0.29) is 5.91 Å². The molecule has 0 aromatic heterocycles. The number of rotatable bonds is 4. The lowest BCUT2D eigenvalue weighted by molar-refractivity contribution is -0.117. The van der Waals surface area contributed by atoms with Gasteiger partial charge in [-0.3, -0.25) is 4.79 Å². The smallest absolute Gasteiger partial charge is 0.224 e. The summed E-state index contributed by atoms with van der Waals surface area (Å²) < 4.78 is 0. The van der Waals surface area contributed by atoms with Crippen LogP contribution >= 0.6 is 11.6 Å². The van der Waals surface area contributed by atoms with Crippen LogP contribution in [0.5, 0.6) is 0 Å². The third kappa shape index (κ3) is 4.54. The average Bonchev–Trinajstić information content (AvgIpc) is 2.68. The van der Waals surface area contributed by atoms with Gasteiger partial charge in [0, 0.05) is 18.0 Å². The molecule has 19 heavy (non-hydrogen) atoms. The first-order valence-corrected chi connectivity index (χ1v) is 7.77. The zero-order valence-electron chi connectivity index (χ0n) is 11.3. The number of carbonyl (C=O) groups excluding carboxylic acids is 1. The lowest BCUT2D eigenvalue weighted by Crippen LogP contribution is -2.17. The summed E-state index contributed by atoms with van der Waals surface area (Å²) in [4.78, 5) is 12.1. The molecule has 0 atom stereocenters. The fraction of sp³-hybridized carbons (Fsp3) is 0.562. The van der Waals surface area contributed by atoms with E-state index in [4.69, 9.17) is 11.6 Å². The molecule has 1 aromatic rings. The molecule has 1 aliphatic carbocycles. The zero-order valence-corrected chi connectivity index (χ0v) is 12.1. The number of halogens is 1. The van der Waals surface area contributed by atoms with E-state index in [1.165, 1.54) is 38.5 Å². The van der Waals surface area contributed by atoms with Crippen molar-refractivity contribution < 1.29 is 4.79 Å². The standard InChI is InChI=1S/C16H22ClNO/c17-12-14-9-5-6-10-15(14)18-16(19)11-13-7-3-1-2-4-8-13/h5-6,9-10,13H,1-4,7-8,11-12H2,(H,18,19). The maximum atomic E-state index is 12.1. The first-order chi connectivity index (χ1) is 9.29. The molecule has 0 bridgehead atoms. The summed E-state index contributed by atoms with van der Waals surface area (Å²) in [6.45, 7) is 0. The van der Waals surface area contributed by atoms with Gasteiger partial charge in [-0.1, -0.05) is 43.9 Å². The highest BCUT2D eigenvalue weighted by Crippen LogP contribution is 2.26. The molecule has 0 saturated heterocycles. The molecule has 1 aliphatic rings. The van der Waals surface area contributed by atoms with E-state index in [1.54, 1.807) is 0 Å². The van der Waals surface area contributed by atoms with E-state index in [0.717, 1.165) is 11.3 Å². The first kappa shape index (κ1) is 14.4. The Morgan fingerprint density at radius 3 is 2.53 bits per heavy atom. The number of anilines is 1. The van der Waals surface area contributed by atoms with Gasteiger partial charge in [0.15, 0.2) is 0 Å². The Labute approximate surface area is 120 Å². The highest BCUT2D eigenvalue weighted by atomic mass is 35.5. The van der Waals surface area contributed by atoms with Gasteiger partial charge in [-0.2, -0.15) is 0 Å². The number of carbonyl (C=O) groups is 1. The molecule has 1 aromatic carbocycles. The van der Waals surface area contributed by atoms with Crippen LogP contribution in [-0.4, -0.2) is 5.91 Å². The molecule has 0 spiro atoms. The van der Waals surface area contributed by atoms with Gasteiger partial charge in [0.1, 0.15) is 0 Å². The minimum atomic E-state index is 0.129. The van der Waals surface area contributed by atoms with Crippen LogP contribution in [0.1, 0.15) is 50.5 Å². The molecule has 0 unspecified atom stereocenters. The van der Waals surface area contributed by atoms with Gasteiger partial charge in [-0.25, -0.2) is 0 Å². The average molecular weight is 280 g/mol. The van der Waals surface area contributed by atoms with Crippen LogP contribution in [0.15, 0.2) is 24.3 Å². The van der Waals surface area contributed by atoms with Crippen molar-refractivity contribution in [1.82, 2.24) is 0 Å². The monoisotopic (exact) mass is 279 g/mol. The Bertz CT molecular complexity index is 411. The summed E-state index contributed by atoms with van der Waals surface area (Å²) >= 11 is 5.88. The van der Waals surface area contributed by atoms with E-state index in [9.17, 15) is 4.79 Å². The molecule has 1 saturated carbocycles. The molecule has 1 N–H and O–H groups in total. The van der Waals surface area contributed by atoms with Crippen LogP contribution < -0.4 is 5.32 Å². The molecule has 1 fully saturated rings. The Hall–Kier alpha value is -1.02. The van der Waals surface area contributed by atoms with Gasteiger partial charge in [-0.05, 0) is 30.4 Å². The van der Waals surface area contributed by atoms with Crippen LogP contribution in [0.3, 0.4) is 0 Å². The lowest BCUT2D eigenvalue weighted by atomic mass is 9.96. The normalized spacial score (nSPS) is 16.9. The number of nitrogens with one attached hydrogen (secondary N) is 1. The van der Waals surface area contributed by atoms with Gasteiger partial charge in [-0.15, -0.1) is 11.6 Å². The van der Waals surface area contributed by atoms with Crippen molar-refractivity contribution in [2.45, 2.75) is 50.8 Å². The predicted molar refractivity (Wildman–Crippen MR) is 80.4 cm³/mol. The Kier molecular flexibility index (Phi) is 5.71. The third-order valence-electron chi connectivity index (χ3n) is 3.88. The van der Waals surface area contributed by atoms with Gasteiger partial charge >= 0.3 is 0 Å².